The van der Waals surface area contributed by atoms with Crippen LogP contribution >= 0.6 is 0 Å². The lowest BCUT2D eigenvalue weighted by molar-refractivity contribution is 0.0288. The van der Waals surface area contributed by atoms with E-state index in [-0.39, 0.29) is 0 Å². The molecule has 0 bridgehead atoms. The molecule has 0 radical (unpaired) electrons. The van der Waals surface area contributed by atoms with Gasteiger partial charge in [0.2, 0.25) is 0 Å². The molecule has 2 aliphatic carbocycles. The summed E-state index contributed by atoms with van der Waals surface area (Å²) in [6.45, 7) is 3.30. The van der Waals surface area contributed by atoms with Crippen LogP contribution in [-0.4, -0.2) is 25.8 Å². The fourth-order valence-corrected chi connectivity index (χ4v) is 3.51. The molecule has 0 saturated heterocycles. The van der Waals surface area contributed by atoms with Crippen molar-refractivity contribution in [1.29, 1.82) is 0 Å². The van der Waals surface area contributed by atoms with Crippen LogP contribution in [0.25, 0.3) is 0 Å². The Labute approximate surface area is 107 Å². The van der Waals surface area contributed by atoms with Crippen molar-refractivity contribution in [1.82, 2.24) is 5.32 Å². The van der Waals surface area contributed by atoms with E-state index in [1.54, 1.807) is 0 Å². The van der Waals surface area contributed by atoms with E-state index in [2.05, 4.69) is 12.2 Å². The normalized spacial score (nSPS) is 26.5. The number of nitrogens with one attached hydrogen (secondary N) is 1. The van der Waals surface area contributed by atoms with Crippen LogP contribution in [-0.2, 0) is 4.74 Å². The van der Waals surface area contributed by atoms with Gasteiger partial charge in [-0.1, -0.05) is 32.6 Å². The largest absolute Gasteiger partial charge is 0.380 e. The Hall–Kier alpha value is -0.0800. The summed E-state index contributed by atoms with van der Waals surface area (Å²) in [6.07, 6.45) is 11.8. The van der Waals surface area contributed by atoms with E-state index in [1.807, 2.05) is 7.11 Å². The third-order valence-corrected chi connectivity index (χ3v) is 4.56. The van der Waals surface area contributed by atoms with Crippen LogP contribution in [0.4, 0.5) is 0 Å². The van der Waals surface area contributed by atoms with E-state index < -0.39 is 0 Å². The molecule has 0 heterocycles. The number of hydrogen-bond acceptors (Lipinski definition) is 2. The molecule has 0 aromatic heterocycles. The zero-order chi connectivity index (χ0) is 12.1. The summed E-state index contributed by atoms with van der Waals surface area (Å²) in [5.74, 6) is 1.69. The Morgan fingerprint density at radius 2 is 1.65 bits per heavy atom. The van der Waals surface area contributed by atoms with Crippen LogP contribution < -0.4 is 5.32 Å². The topological polar surface area (TPSA) is 21.3 Å². The third kappa shape index (κ3) is 3.69. The SMILES string of the molecule is CCNC(C1CCCCCC1)C(OC)C1CC1. The lowest BCUT2D eigenvalue weighted by Crippen LogP contribution is -2.47. The van der Waals surface area contributed by atoms with Gasteiger partial charge in [-0.25, -0.2) is 0 Å². The number of methoxy groups -OCH3 is 1. The molecule has 0 aromatic rings. The highest BCUT2D eigenvalue weighted by Crippen LogP contribution is 2.39. The van der Waals surface area contributed by atoms with Crippen molar-refractivity contribution < 1.29 is 4.74 Å². The average Bonchev–Trinajstić information content (AvgIpc) is 3.16. The summed E-state index contributed by atoms with van der Waals surface area (Å²) in [5, 5.41) is 3.73. The van der Waals surface area contributed by atoms with E-state index in [0.717, 1.165) is 18.4 Å². The Kier molecular flexibility index (Phi) is 5.30. The molecule has 0 aromatic carbocycles. The summed E-state index contributed by atoms with van der Waals surface area (Å²) in [7, 11) is 1.91. The lowest BCUT2D eigenvalue weighted by atomic mass is 9.86. The van der Waals surface area contributed by atoms with Gasteiger partial charge in [0.05, 0.1) is 6.10 Å². The van der Waals surface area contributed by atoms with Crippen LogP contribution in [0.5, 0.6) is 0 Å². The highest BCUT2D eigenvalue weighted by molar-refractivity contribution is 4.93. The molecule has 2 aliphatic rings. The van der Waals surface area contributed by atoms with Gasteiger partial charge in [-0.15, -0.1) is 0 Å². The molecule has 2 rings (SSSR count). The standard InChI is InChI=1S/C15H29NO/c1-3-16-14(15(17-2)13-10-11-13)12-8-6-4-5-7-9-12/h12-16H,3-11H2,1-2H3. The summed E-state index contributed by atoms with van der Waals surface area (Å²) < 4.78 is 5.82. The maximum Gasteiger partial charge on any atom is 0.0755 e. The second kappa shape index (κ2) is 6.75. The Morgan fingerprint density at radius 3 is 2.12 bits per heavy atom. The molecular formula is C15H29NO. The van der Waals surface area contributed by atoms with E-state index in [9.17, 15) is 0 Å². The van der Waals surface area contributed by atoms with Crippen molar-refractivity contribution in [3.8, 4) is 0 Å². The maximum atomic E-state index is 5.82. The molecule has 0 aliphatic heterocycles. The van der Waals surface area contributed by atoms with Gasteiger partial charge in [-0.2, -0.15) is 0 Å². The van der Waals surface area contributed by atoms with Crippen molar-refractivity contribution >= 4 is 0 Å². The smallest absolute Gasteiger partial charge is 0.0755 e. The zero-order valence-corrected chi connectivity index (χ0v) is 11.6. The fraction of sp³-hybridized carbons (Fsp3) is 1.00. The second-order valence-electron chi connectivity index (χ2n) is 5.87. The van der Waals surface area contributed by atoms with Crippen molar-refractivity contribution in [2.45, 2.75) is 70.4 Å². The summed E-state index contributed by atoms with van der Waals surface area (Å²) in [4.78, 5) is 0. The molecule has 0 amide bonds. The Balaban J connectivity index is 1.97. The zero-order valence-electron chi connectivity index (χ0n) is 11.6. The van der Waals surface area contributed by atoms with E-state index >= 15 is 0 Å². The van der Waals surface area contributed by atoms with Crippen LogP contribution in [0.15, 0.2) is 0 Å². The molecule has 100 valence electrons. The average molecular weight is 239 g/mol. The highest BCUT2D eigenvalue weighted by Gasteiger charge is 2.39. The van der Waals surface area contributed by atoms with Crippen LogP contribution in [0.3, 0.4) is 0 Å². The summed E-state index contributed by atoms with van der Waals surface area (Å²) in [5.41, 5.74) is 0. The van der Waals surface area contributed by atoms with Gasteiger partial charge in [-0.05, 0) is 44.1 Å². The van der Waals surface area contributed by atoms with Crippen molar-refractivity contribution in [2.24, 2.45) is 11.8 Å². The fourth-order valence-electron chi connectivity index (χ4n) is 3.51. The van der Waals surface area contributed by atoms with Crippen molar-refractivity contribution in [3.05, 3.63) is 0 Å². The lowest BCUT2D eigenvalue weighted by Gasteiger charge is -2.33. The monoisotopic (exact) mass is 239 g/mol. The number of ether oxygens (including phenoxy) is 1. The van der Waals surface area contributed by atoms with Gasteiger partial charge in [0.1, 0.15) is 0 Å². The minimum Gasteiger partial charge on any atom is -0.380 e. The van der Waals surface area contributed by atoms with Gasteiger partial charge in [-0.3, -0.25) is 0 Å². The van der Waals surface area contributed by atoms with Gasteiger partial charge < -0.3 is 10.1 Å². The Bertz CT molecular complexity index is 207. The third-order valence-electron chi connectivity index (χ3n) is 4.56. The van der Waals surface area contributed by atoms with Gasteiger partial charge >= 0.3 is 0 Å². The minimum atomic E-state index is 0.470. The van der Waals surface area contributed by atoms with Crippen LogP contribution in [0.2, 0.25) is 0 Å². The van der Waals surface area contributed by atoms with E-state index in [0.29, 0.717) is 12.1 Å². The minimum absolute atomic E-state index is 0.470. The van der Waals surface area contributed by atoms with Crippen LogP contribution in [0, 0.1) is 11.8 Å². The van der Waals surface area contributed by atoms with E-state index in [1.165, 1.54) is 51.4 Å². The van der Waals surface area contributed by atoms with E-state index in [4.69, 9.17) is 4.74 Å². The molecule has 2 saturated carbocycles. The first-order valence-electron chi connectivity index (χ1n) is 7.63. The first kappa shape index (κ1) is 13.4. The molecular weight excluding hydrogens is 210 g/mol. The number of hydrogen-bond donors (Lipinski definition) is 1. The maximum absolute atomic E-state index is 5.82. The summed E-state index contributed by atoms with van der Waals surface area (Å²) in [6, 6.07) is 0.607. The van der Waals surface area contributed by atoms with Crippen LogP contribution in [0.1, 0.15) is 58.3 Å². The highest BCUT2D eigenvalue weighted by atomic mass is 16.5. The predicted molar refractivity (Wildman–Crippen MR) is 72.2 cm³/mol. The molecule has 17 heavy (non-hydrogen) atoms. The predicted octanol–water partition coefficient (Wildman–Crippen LogP) is 3.36. The number of likely N-dealkylation sites (N-methyl/N-ethyl adjacent to an activating group) is 1. The van der Waals surface area contributed by atoms with Gasteiger partial charge in [0.25, 0.3) is 0 Å². The summed E-state index contributed by atoms with van der Waals surface area (Å²) >= 11 is 0. The molecule has 2 fully saturated rings. The molecule has 2 unspecified atom stereocenters. The van der Waals surface area contributed by atoms with Crippen molar-refractivity contribution in [2.75, 3.05) is 13.7 Å². The van der Waals surface area contributed by atoms with Crippen molar-refractivity contribution in [3.63, 3.8) is 0 Å². The quantitative estimate of drug-likeness (QED) is 0.718. The molecule has 1 N–H and O–H groups in total. The molecule has 2 atom stereocenters. The first-order valence-corrected chi connectivity index (χ1v) is 7.63. The molecule has 2 nitrogen and oxygen atoms in total. The molecule has 0 spiro atoms. The Morgan fingerprint density at radius 1 is 1.00 bits per heavy atom. The van der Waals surface area contributed by atoms with Gasteiger partial charge in [0.15, 0.2) is 0 Å². The number of rotatable bonds is 6. The first-order chi connectivity index (χ1) is 8.36. The van der Waals surface area contributed by atoms with Gasteiger partial charge in [0, 0.05) is 13.2 Å². The molecule has 2 heteroatoms. The second-order valence-corrected chi connectivity index (χ2v) is 5.87.